The van der Waals surface area contributed by atoms with Gasteiger partial charge in [-0.15, -0.1) is 0 Å². The summed E-state index contributed by atoms with van der Waals surface area (Å²) >= 11 is 0. The number of anilines is 2. The van der Waals surface area contributed by atoms with Crippen LogP contribution in [-0.2, 0) is 26.8 Å². The Morgan fingerprint density at radius 1 is 0.947 bits per heavy atom. The maximum atomic E-state index is 13.4. The highest BCUT2D eigenvalue weighted by Crippen LogP contribution is 2.25. The smallest absolute Gasteiger partial charge is 0.330 e. The lowest BCUT2D eigenvalue weighted by molar-refractivity contribution is -0.120. The first kappa shape index (κ1) is 28.5. The summed E-state index contributed by atoms with van der Waals surface area (Å²) in [4.78, 5) is 27.6. The van der Waals surface area contributed by atoms with E-state index in [9.17, 15) is 18.0 Å². The molecule has 9 nitrogen and oxygen atoms in total. The number of methoxy groups -OCH3 is 1. The Morgan fingerprint density at radius 3 is 2.21 bits per heavy atom. The molecule has 10 heteroatoms. The Labute approximate surface area is 224 Å². The van der Waals surface area contributed by atoms with Crippen molar-refractivity contribution < 1.29 is 22.7 Å². The lowest BCUT2D eigenvalue weighted by atomic mass is 9.87. The van der Waals surface area contributed by atoms with E-state index in [0.717, 1.165) is 11.1 Å². The summed E-state index contributed by atoms with van der Waals surface area (Å²) in [7, 11) is -1.14. The molecule has 1 atom stereocenters. The lowest BCUT2D eigenvalue weighted by Gasteiger charge is -2.25. The average Bonchev–Trinajstić information content (AvgIpc) is 2.87. The first-order valence-corrected chi connectivity index (χ1v) is 13.5. The molecule has 0 aliphatic heterocycles. The second kappa shape index (κ2) is 12.0. The zero-order valence-corrected chi connectivity index (χ0v) is 23.0. The molecule has 3 amide bonds. The van der Waals surface area contributed by atoms with Crippen molar-refractivity contribution in [2.24, 2.45) is 0 Å². The molecular formula is C28H34N4O5S. The maximum absolute atomic E-state index is 13.4. The first-order valence-electron chi connectivity index (χ1n) is 12.0. The Morgan fingerprint density at radius 2 is 1.61 bits per heavy atom. The molecule has 0 saturated heterocycles. The summed E-state index contributed by atoms with van der Waals surface area (Å²) < 4.78 is 34.9. The van der Waals surface area contributed by atoms with E-state index in [4.69, 9.17) is 4.74 Å². The number of hydrogen-bond donors (Lipinski definition) is 3. The Hall–Kier alpha value is -4.05. The van der Waals surface area contributed by atoms with Crippen LogP contribution in [0.15, 0.2) is 78.9 Å². The number of rotatable bonds is 9. The third-order valence-electron chi connectivity index (χ3n) is 5.88. The normalized spacial score (nSPS) is 12.2. The molecule has 0 heterocycles. The van der Waals surface area contributed by atoms with Gasteiger partial charge in [-0.05, 0) is 52.9 Å². The molecule has 202 valence electrons. The fraction of sp³-hybridized carbons (Fsp3) is 0.286. The molecule has 0 unspecified atom stereocenters. The molecule has 3 N–H and O–H groups in total. The molecule has 0 bridgehead atoms. The maximum Gasteiger partial charge on any atom is 0.330 e. The van der Waals surface area contributed by atoms with E-state index in [1.807, 2.05) is 61.9 Å². The lowest BCUT2D eigenvalue weighted by Crippen LogP contribution is -2.53. The number of urea groups is 1. The summed E-state index contributed by atoms with van der Waals surface area (Å²) in [5.41, 5.74) is 2.44. The molecule has 0 saturated carbocycles. The zero-order valence-electron chi connectivity index (χ0n) is 22.2. The monoisotopic (exact) mass is 538 g/mol. The van der Waals surface area contributed by atoms with Crippen molar-refractivity contribution in [1.29, 1.82) is 0 Å². The van der Waals surface area contributed by atoms with E-state index >= 15 is 0 Å². The highest BCUT2D eigenvalue weighted by Gasteiger charge is 2.27. The van der Waals surface area contributed by atoms with Crippen molar-refractivity contribution >= 4 is 33.5 Å². The van der Waals surface area contributed by atoms with Crippen molar-refractivity contribution in [3.05, 3.63) is 90.0 Å². The molecule has 0 spiro atoms. The first-order chi connectivity index (χ1) is 17.9. The van der Waals surface area contributed by atoms with Gasteiger partial charge in [-0.25, -0.2) is 9.52 Å². The number of amides is 3. The van der Waals surface area contributed by atoms with Gasteiger partial charge in [-0.3, -0.25) is 9.52 Å². The van der Waals surface area contributed by atoms with Gasteiger partial charge in [-0.2, -0.15) is 8.42 Å². The van der Waals surface area contributed by atoms with Crippen LogP contribution in [0.1, 0.15) is 31.9 Å². The van der Waals surface area contributed by atoms with E-state index in [1.165, 1.54) is 4.90 Å². The third-order valence-corrected chi connectivity index (χ3v) is 6.84. The number of ether oxygens (including phenoxy) is 1. The highest BCUT2D eigenvalue weighted by molar-refractivity contribution is 7.91. The standard InChI is InChI=1S/C28H34N4O5S/c1-28(2,3)21-12-9-13-22(19-21)30-38(35,36)31-27(34)29-25(18-20-10-7-6-8-11-20)26(33)32(4)23-14-16-24(37-5)17-15-23/h6-17,19,25,30H,18H2,1-5H3,(H2,29,31,34)/t25-/m0/s1. The largest absolute Gasteiger partial charge is 0.497 e. The molecule has 0 radical (unpaired) electrons. The van der Waals surface area contributed by atoms with Crippen molar-refractivity contribution in [2.45, 2.75) is 38.6 Å². The van der Waals surface area contributed by atoms with Crippen LogP contribution < -0.4 is 24.4 Å². The van der Waals surface area contributed by atoms with Crippen molar-refractivity contribution in [2.75, 3.05) is 23.8 Å². The van der Waals surface area contributed by atoms with Gasteiger partial charge in [0, 0.05) is 19.2 Å². The second-order valence-corrected chi connectivity index (χ2v) is 11.3. The van der Waals surface area contributed by atoms with Gasteiger partial charge in [0.1, 0.15) is 11.8 Å². The van der Waals surface area contributed by atoms with E-state index in [2.05, 4.69) is 10.0 Å². The molecule has 0 aliphatic rings. The number of hydrogen-bond acceptors (Lipinski definition) is 5. The molecule has 3 aromatic carbocycles. The highest BCUT2D eigenvalue weighted by atomic mass is 32.2. The summed E-state index contributed by atoms with van der Waals surface area (Å²) in [5.74, 6) is 0.219. The molecule has 3 rings (SSSR count). The van der Waals surface area contributed by atoms with Gasteiger partial charge in [0.25, 0.3) is 0 Å². The third kappa shape index (κ3) is 7.97. The van der Waals surface area contributed by atoms with Gasteiger partial charge in [0.2, 0.25) is 5.91 Å². The number of likely N-dealkylation sites (N-methyl/N-ethyl adjacent to an activating group) is 1. The fourth-order valence-electron chi connectivity index (χ4n) is 3.76. The van der Waals surface area contributed by atoms with Crippen LogP contribution in [-0.4, -0.2) is 40.6 Å². The van der Waals surface area contributed by atoms with Crippen molar-refractivity contribution in [3.63, 3.8) is 0 Å². The molecule has 0 fully saturated rings. The number of carbonyl (C=O) groups excluding carboxylic acids is 2. The van der Waals surface area contributed by atoms with Crippen molar-refractivity contribution in [3.8, 4) is 5.75 Å². The number of nitrogens with zero attached hydrogens (tertiary/aromatic N) is 1. The minimum Gasteiger partial charge on any atom is -0.497 e. The van der Waals surface area contributed by atoms with Crippen LogP contribution in [0.4, 0.5) is 16.2 Å². The van der Waals surface area contributed by atoms with Crippen LogP contribution in [0.25, 0.3) is 0 Å². The van der Waals surface area contributed by atoms with Crippen molar-refractivity contribution in [1.82, 2.24) is 10.0 Å². The van der Waals surface area contributed by atoms with Gasteiger partial charge in [0.05, 0.1) is 12.8 Å². The summed E-state index contributed by atoms with van der Waals surface area (Å²) in [6.07, 6.45) is 0.161. The zero-order chi connectivity index (χ0) is 27.9. The Kier molecular flexibility index (Phi) is 9.00. The fourth-order valence-corrected chi connectivity index (χ4v) is 4.55. The molecule has 38 heavy (non-hydrogen) atoms. The quantitative estimate of drug-likeness (QED) is 0.377. The van der Waals surface area contributed by atoms with Crippen LogP contribution in [0, 0.1) is 0 Å². The van der Waals surface area contributed by atoms with Gasteiger partial charge in [0.15, 0.2) is 0 Å². The molecule has 0 aliphatic carbocycles. The van der Waals surface area contributed by atoms with Crippen LogP contribution in [0.2, 0.25) is 0 Å². The van der Waals surface area contributed by atoms with Crippen LogP contribution >= 0.6 is 0 Å². The van der Waals surface area contributed by atoms with Crippen LogP contribution in [0.3, 0.4) is 0 Å². The van der Waals surface area contributed by atoms with E-state index < -0.39 is 28.2 Å². The topological polar surface area (TPSA) is 117 Å². The SMILES string of the molecule is COc1ccc(N(C)C(=O)[C@H](Cc2ccccc2)NC(=O)NS(=O)(=O)Nc2cccc(C(C)(C)C)c2)cc1. The molecule has 0 aromatic heterocycles. The minimum absolute atomic E-state index is 0.161. The minimum atomic E-state index is -4.27. The van der Waals surface area contributed by atoms with Gasteiger partial charge < -0.3 is 15.0 Å². The van der Waals surface area contributed by atoms with E-state index in [0.29, 0.717) is 17.1 Å². The van der Waals surface area contributed by atoms with E-state index in [1.54, 1.807) is 56.6 Å². The number of carbonyl (C=O) groups is 2. The van der Waals surface area contributed by atoms with Gasteiger partial charge in [-0.1, -0.05) is 63.2 Å². The predicted molar refractivity (Wildman–Crippen MR) is 150 cm³/mol. The number of nitrogens with one attached hydrogen (secondary N) is 3. The van der Waals surface area contributed by atoms with Gasteiger partial charge >= 0.3 is 16.2 Å². The average molecular weight is 539 g/mol. The van der Waals surface area contributed by atoms with E-state index in [-0.39, 0.29) is 11.8 Å². The molecular weight excluding hydrogens is 504 g/mol. The Balaban J connectivity index is 1.75. The molecule has 3 aromatic rings. The summed E-state index contributed by atoms with van der Waals surface area (Å²) in [5, 5.41) is 2.53. The summed E-state index contributed by atoms with van der Waals surface area (Å²) in [6.45, 7) is 6.04. The summed E-state index contributed by atoms with van der Waals surface area (Å²) in [6, 6.07) is 20.9. The Bertz CT molecular complexity index is 1350. The number of benzene rings is 3. The van der Waals surface area contributed by atoms with Crippen LogP contribution in [0.5, 0.6) is 5.75 Å². The second-order valence-electron chi connectivity index (χ2n) is 9.85. The predicted octanol–water partition coefficient (Wildman–Crippen LogP) is 4.22.